The second-order valence-electron chi connectivity index (χ2n) is 4.34. The Kier molecular flexibility index (Phi) is 4.76. The Balaban J connectivity index is 1.84. The van der Waals surface area contributed by atoms with Gasteiger partial charge in [0.15, 0.2) is 0 Å². The minimum absolute atomic E-state index is 0.414. The van der Waals surface area contributed by atoms with E-state index in [1.807, 2.05) is 18.3 Å². The molecule has 1 aromatic carbocycles. The molecule has 2 aromatic rings. The molecule has 0 saturated heterocycles. The summed E-state index contributed by atoms with van der Waals surface area (Å²) in [7, 11) is 0. The Hall–Kier alpha value is -1.35. The van der Waals surface area contributed by atoms with Gasteiger partial charge in [0, 0.05) is 22.9 Å². The largest absolute Gasteiger partial charge is 0.398 e. The molecule has 2 rings (SSSR count). The van der Waals surface area contributed by atoms with Crippen molar-refractivity contribution in [2.75, 3.05) is 5.73 Å². The van der Waals surface area contributed by atoms with E-state index >= 15 is 0 Å². The monoisotopic (exact) mass is 304 g/mol. The van der Waals surface area contributed by atoms with Crippen LogP contribution in [0.5, 0.6) is 0 Å². The van der Waals surface area contributed by atoms with E-state index in [9.17, 15) is 0 Å². The molecule has 1 heterocycles. The Morgan fingerprint density at radius 2 is 1.94 bits per heavy atom. The van der Waals surface area contributed by atoms with Gasteiger partial charge in [0.2, 0.25) is 0 Å². The molecule has 0 aliphatic heterocycles. The molecule has 1 aromatic heterocycles. The summed E-state index contributed by atoms with van der Waals surface area (Å²) in [6.45, 7) is 0. The summed E-state index contributed by atoms with van der Waals surface area (Å²) >= 11 is 3.73. The molecule has 1 unspecified atom stereocenters. The van der Waals surface area contributed by atoms with Gasteiger partial charge < -0.3 is 5.73 Å². The standard InChI is InChI=1S/C15H17BrN2/c16-14(12-5-2-1-3-6-12)8-4-7-13-11-18-10-9-15(13)17/h1-3,5-6,9-11,14H,4,7-8H2,(H2,17,18). The lowest BCUT2D eigenvalue weighted by Crippen LogP contribution is -1.97. The van der Waals surface area contributed by atoms with E-state index in [1.54, 1.807) is 6.20 Å². The highest BCUT2D eigenvalue weighted by atomic mass is 79.9. The fourth-order valence-corrected chi connectivity index (χ4v) is 2.58. The number of nitrogens with two attached hydrogens (primary N) is 1. The highest BCUT2D eigenvalue weighted by Gasteiger charge is 2.07. The number of nitrogen functional groups attached to an aromatic ring is 1. The number of pyridine rings is 1. The Labute approximate surface area is 116 Å². The van der Waals surface area contributed by atoms with Crippen LogP contribution in [0.4, 0.5) is 5.69 Å². The molecule has 94 valence electrons. The molecule has 18 heavy (non-hydrogen) atoms. The van der Waals surface area contributed by atoms with Gasteiger partial charge in [-0.3, -0.25) is 4.98 Å². The van der Waals surface area contributed by atoms with Gasteiger partial charge in [0.1, 0.15) is 0 Å². The predicted molar refractivity (Wildman–Crippen MR) is 79.7 cm³/mol. The van der Waals surface area contributed by atoms with Crippen LogP contribution in [0.1, 0.15) is 28.8 Å². The van der Waals surface area contributed by atoms with E-state index in [2.05, 4.69) is 45.2 Å². The summed E-state index contributed by atoms with van der Waals surface area (Å²) in [5.74, 6) is 0. The van der Waals surface area contributed by atoms with Crippen molar-refractivity contribution in [2.45, 2.75) is 24.1 Å². The van der Waals surface area contributed by atoms with Crippen molar-refractivity contribution in [3.8, 4) is 0 Å². The fraction of sp³-hybridized carbons (Fsp3) is 0.267. The number of aryl methyl sites for hydroxylation is 1. The lowest BCUT2D eigenvalue weighted by atomic mass is 10.0. The van der Waals surface area contributed by atoms with Gasteiger partial charge in [0.05, 0.1) is 0 Å². The number of hydrogen-bond donors (Lipinski definition) is 1. The number of rotatable bonds is 5. The van der Waals surface area contributed by atoms with Crippen LogP contribution in [0.15, 0.2) is 48.8 Å². The molecule has 0 spiro atoms. The number of nitrogens with zero attached hydrogens (tertiary/aromatic N) is 1. The first kappa shape index (κ1) is 13.1. The lowest BCUT2D eigenvalue weighted by Gasteiger charge is -2.10. The lowest BCUT2D eigenvalue weighted by molar-refractivity contribution is 0.729. The van der Waals surface area contributed by atoms with Crippen molar-refractivity contribution in [2.24, 2.45) is 0 Å². The summed E-state index contributed by atoms with van der Waals surface area (Å²) in [5.41, 5.74) is 9.21. The van der Waals surface area contributed by atoms with Crippen molar-refractivity contribution < 1.29 is 0 Å². The van der Waals surface area contributed by atoms with Crippen molar-refractivity contribution in [1.82, 2.24) is 4.98 Å². The molecule has 1 atom stereocenters. The molecule has 0 fully saturated rings. The van der Waals surface area contributed by atoms with Crippen LogP contribution >= 0.6 is 15.9 Å². The van der Waals surface area contributed by atoms with E-state index in [0.29, 0.717) is 4.83 Å². The summed E-state index contributed by atoms with van der Waals surface area (Å²) in [5, 5.41) is 0. The van der Waals surface area contributed by atoms with Gasteiger partial charge in [-0.05, 0) is 36.5 Å². The first-order chi connectivity index (χ1) is 8.77. The third kappa shape index (κ3) is 3.57. The van der Waals surface area contributed by atoms with Gasteiger partial charge in [-0.15, -0.1) is 0 Å². The summed E-state index contributed by atoms with van der Waals surface area (Å²) < 4.78 is 0. The molecule has 3 heteroatoms. The maximum absolute atomic E-state index is 5.90. The molecule has 0 aliphatic rings. The molecule has 0 saturated carbocycles. The Morgan fingerprint density at radius 3 is 2.67 bits per heavy atom. The number of aromatic nitrogens is 1. The maximum Gasteiger partial charge on any atom is 0.0395 e. The van der Waals surface area contributed by atoms with Crippen molar-refractivity contribution in [3.63, 3.8) is 0 Å². The first-order valence-corrected chi connectivity index (χ1v) is 7.06. The van der Waals surface area contributed by atoms with Gasteiger partial charge in [-0.1, -0.05) is 46.3 Å². The molecule has 0 radical (unpaired) electrons. The number of halogens is 1. The van der Waals surface area contributed by atoms with Crippen LogP contribution in [0.2, 0.25) is 0 Å². The van der Waals surface area contributed by atoms with Gasteiger partial charge in [0.25, 0.3) is 0 Å². The zero-order valence-electron chi connectivity index (χ0n) is 10.2. The third-order valence-corrected chi connectivity index (χ3v) is 3.99. The highest BCUT2D eigenvalue weighted by molar-refractivity contribution is 9.09. The second-order valence-corrected chi connectivity index (χ2v) is 5.45. The number of benzene rings is 1. The van der Waals surface area contributed by atoms with Crippen molar-refractivity contribution in [3.05, 3.63) is 59.9 Å². The van der Waals surface area contributed by atoms with E-state index in [4.69, 9.17) is 5.73 Å². The number of hydrogen-bond acceptors (Lipinski definition) is 2. The topological polar surface area (TPSA) is 38.9 Å². The van der Waals surface area contributed by atoms with Crippen LogP contribution in [-0.2, 0) is 6.42 Å². The molecule has 0 amide bonds. The second kappa shape index (κ2) is 6.55. The summed E-state index contributed by atoms with van der Waals surface area (Å²) in [4.78, 5) is 4.52. The predicted octanol–water partition coefficient (Wildman–Crippen LogP) is 4.12. The zero-order chi connectivity index (χ0) is 12.8. The maximum atomic E-state index is 5.90. The van der Waals surface area contributed by atoms with Gasteiger partial charge >= 0.3 is 0 Å². The first-order valence-electron chi connectivity index (χ1n) is 6.15. The summed E-state index contributed by atoms with van der Waals surface area (Å²) in [6.07, 6.45) is 6.77. The molecule has 0 aliphatic carbocycles. The van der Waals surface area contributed by atoms with E-state index in [0.717, 1.165) is 30.5 Å². The molecule has 2 N–H and O–H groups in total. The van der Waals surface area contributed by atoms with E-state index < -0.39 is 0 Å². The van der Waals surface area contributed by atoms with E-state index in [-0.39, 0.29) is 0 Å². The quantitative estimate of drug-likeness (QED) is 0.844. The average Bonchev–Trinajstić information content (AvgIpc) is 2.42. The normalized spacial score (nSPS) is 12.3. The summed E-state index contributed by atoms with van der Waals surface area (Å²) in [6, 6.07) is 12.3. The van der Waals surface area contributed by atoms with Gasteiger partial charge in [-0.25, -0.2) is 0 Å². The molecule has 2 nitrogen and oxygen atoms in total. The van der Waals surface area contributed by atoms with Crippen LogP contribution in [0.25, 0.3) is 0 Å². The Morgan fingerprint density at radius 1 is 1.17 bits per heavy atom. The van der Waals surface area contributed by atoms with Crippen molar-refractivity contribution >= 4 is 21.6 Å². The number of anilines is 1. The van der Waals surface area contributed by atoms with E-state index in [1.165, 1.54) is 5.56 Å². The van der Waals surface area contributed by atoms with Crippen LogP contribution in [0, 0.1) is 0 Å². The molecule has 0 bridgehead atoms. The van der Waals surface area contributed by atoms with Crippen LogP contribution in [-0.4, -0.2) is 4.98 Å². The minimum Gasteiger partial charge on any atom is -0.398 e. The van der Waals surface area contributed by atoms with Crippen molar-refractivity contribution in [1.29, 1.82) is 0 Å². The average molecular weight is 305 g/mol. The van der Waals surface area contributed by atoms with Gasteiger partial charge in [-0.2, -0.15) is 0 Å². The molecular formula is C15H17BrN2. The smallest absolute Gasteiger partial charge is 0.0395 e. The fourth-order valence-electron chi connectivity index (χ4n) is 1.95. The molecular weight excluding hydrogens is 288 g/mol. The van der Waals surface area contributed by atoms with Crippen LogP contribution < -0.4 is 5.73 Å². The minimum atomic E-state index is 0.414. The zero-order valence-corrected chi connectivity index (χ0v) is 11.8. The number of alkyl halides is 1. The Bertz CT molecular complexity index is 485. The van der Waals surface area contributed by atoms with Crippen LogP contribution in [0.3, 0.4) is 0 Å². The SMILES string of the molecule is Nc1ccncc1CCCC(Br)c1ccccc1. The highest BCUT2D eigenvalue weighted by Crippen LogP contribution is 2.28. The third-order valence-electron chi connectivity index (χ3n) is 3.01.